The Kier molecular flexibility index (Phi) is 13.7. The molecule has 0 aromatic heterocycles. The van der Waals surface area contributed by atoms with Crippen LogP contribution >= 0.6 is 0 Å². The molecule has 0 spiro atoms. The number of aryl methyl sites for hydroxylation is 1. The van der Waals surface area contributed by atoms with Crippen molar-refractivity contribution in [1.82, 2.24) is 4.72 Å². The maximum absolute atomic E-state index is 12.7. The molecule has 182 valence electrons. The molecule has 0 amide bonds. The molecule has 0 fully saturated rings. The van der Waals surface area contributed by atoms with Crippen LogP contribution in [0.4, 0.5) is 5.69 Å². The van der Waals surface area contributed by atoms with E-state index in [9.17, 15) is 13.2 Å². The molecule has 0 aliphatic heterocycles. The summed E-state index contributed by atoms with van der Waals surface area (Å²) in [5.41, 5.74) is 1.25. The monoisotopic (exact) mass is 468 g/mol. The van der Waals surface area contributed by atoms with Gasteiger partial charge in [-0.05, 0) is 38.0 Å². The van der Waals surface area contributed by atoms with Gasteiger partial charge in [0.05, 0.1) is 17.6 Å². The summed E-state index contributed by atoms with van der Waals surface area (Å²) < 4.78 is 33.3. The fourth-order valence-corrected chi connectivity index (χ4v) is 4.42. The van der Waals surface area contributed by atoms with Gasteiger partial charge in [-0.1, -0.05) is 70.8 Å². The summed E-state index contributed by atoms with van der Waals surface area (Å²) in [5.74, 6) is -1.10. The molecule has 0 aliphatic rings. The second-order valence-corrected chi connectivity index (χ2v) is 9.73. The van der Waals surface area contributed by atoms with Crippen LogP contribution in [0.15, 0.2) is 35.1 Å². The van der Waals surface area contributed by atoms with E-state index in [4.69, 9.17) is 9.84 Å². The standard InChI is InChI=1S/C24H40N2O5S/c1-4-6-7-8-9-10-11-12-13-14-17-25-32(29,30)21-16-15-20(3)22(18-21)26-23(31-5-2)19-24(27)28/h15-16,18-19,25-26H,4-14,17H2,1-3H3,(H,27,28)/b23-19-. The first-order chi connectivity index (χ1) is 15.3. The lowest BCUT2D eigenvalue weighted by molar-refractivity contribution is -0.131. The molecule has 0 saturated carbocycles. The highest BCUT2D eigenvalue weighted by Gasteiger charge is 2.15. The molecule has 8 heteroatoms. The minimum absolute atomic E-state index is 0.0518. The Bertz CT molecular complexity index is 822. The van der Waals surface area contributed by atoms with Gasteiger partial charge in [0.15, 0.2) is 5.88 Å². The van der Waals surface area contributed by atoms with Gasteiger partial charge in [-0.25, -0.2) is 17.9 Å². The zero-order chi connectivity index (χ0) is 23.8. The zero-order valence-electron chi connectivity index (χ0n) is 19.8. The number of ether oxygens (including phenoxy) is 1. The highest BCUT2D eigenvalue weighted by molar-refractivity contribution is 7.89. The first-order valence-electron chi connectivity index (χ1n) is 11.7. The molecule has 32 heavy (non-hydrogen) atoms. The minimum atomic E-state index is -3.65. The van der Waals surface area contributed by atoms with Crippen molar-refractivity contribution in [3.05, 3.63) is 35.7 Å². The Morgan fingerprint density at radius 2 is 1.59 bits per heavy atom. The molecule has 0 radical (unpaired) electrons. The number of aliphatic carboxylic acids is 1. The van der Waals surface area contributed by atoms with Crippen LogP contribution in [0.5, 0.6) is 0 Å². The lowest BCUT2D eigenvalue weighted by atomic mass is 10.1. The predicted octanol–water partition coefficient (Wildman–Crippen LogP) is 5.57. The van der Waals surface area contributed by atoms with Gasteiger partial charge in [0, 0.05) is 12.2 Å². The molecule has 3 N–H and O–H groups in total. The quantitative estimate of drug-likeness (QED) is 0.148. The average molecular weight is 469 g/mol. The number of carboxylic acids is 1. The molecular formula is C24H40N2O5S. The van der Waals surface area contributed by atoms with Gasteiger partial charge in [-0.15, -0.1) is 0 Å². The van der Waals surface area contributed by atoms with Crippen molar-refractivity contribution in [2.24, 2.45) is 0 Å². The van der Waals surface area contributed by atoms with Gasteiger partial charge >= 0.3 is 5.97 Å². The first kappa shape index (κ1) is 28.0. The maximum atomic E-state index is 12.7. The highest BCUT2D eigenvalue weighted by Crippen LogP contribution is 2.22. The molecule has 1 aromatic rings. The summed E-state index contributed by atoms with van der Waals surface area (Å²) in [6.45, 7) is 6.45. The first-order valence-corrected chi connectivity index (χ1v) is 13.2. The number of sulfonamides is 1. The SMILES string of the molecule is CCCCCCCCCCCCNS(=O)(=O)c1ccc(C)c(N/C(=C/C(=O)O)OCC)c1. The third kappa shape index (κ3) is 11.5. The summed E-state index contributed by atoms with van der Waals surface area (Å²) >= 11 is 0. The van der Waals surface area contributed by atoms with Crippen molar-refractivity contribution in [3.8, 4) is 0 Å². The number of rotatable bonds is 18. The molecule has 0 aliphatic carbocycles. The third-order valence-electron chi connectivity index (χ3n) is 5.15. The van der Waals surface area contributed by atoms with Gasteiger partial charge < -0.3 is 15.2 Å². The van der Waals surface area contributed by atoms with Crippen molar-refractivity contribution in [1.29, 1.82) is 0 Å². The van der Waals surface area contributed by atoms with E-state index in [0.717, 1.165) is 30.9 Å². The fraction of sp³-hybridized carbons (Fsp3) is 0.625. The van der Waals surface area contributed by atoms with Crippen molar-refractivity contribution in [2.75, 3.05) is 18.5 Å². The van der Waals surface area contributed by atoms with Gasteiger partial charge in [0.1, 0.15) is 0 Å². The molecule has 1 aromatic carbocycles. The van der Waals surface area contributed by atoms with Crippen LogP contribution < -0.4 is 10.0 Å². The fourth-order valence-electron chi connectivity index (χ4n) is 3.32. The van der Waals surface area contributed by atoms with E-state index in [2.05, 4.69) is 17.0 Å². The van der Waals surface area contributed by atoms with Crippen LogP contribution in [0.2, 0.25) is 0 Å². The molecule has 0 bridgehead atoms. The molecule has 0 unspecified atom stereocenters. The summed E-state index contributed by atoms with van der Waals surface area (Å²) in [5, 5.41) is 11.8. The van der Waals surface area contributed by atoms with Crippen LogP contribution in [0, 0.1) is 6.92 Å². The van der Waals surface area contributed by atoms with E-state index in [0.29, 0.717) is 12.2 Å². The van der Waals surface area contributed by atoms with E-state index >= 15 is 0 Å². The number of carboxylic acid groups (broad SMARTS) is 1. The third-order valence-corrected chi connectivity index (χ3v) is 6.61. The number of anilines is 1. The molecular weight excluding hydrogens is 428 g/mol. The Morgan fingerprint density at radius 3 is 2.16 bits per heavy atom. The number of benzene rings is 1. The molecule has 0 atom stereocenters. The van der Waals surface area contributed by atoms with Gasteiger partial charge in [0.2, 0.25) is 10.0 Å². The summed E-state index contributed by atoms with van der Waals surface area (Å²) in [7, 11) is -3.65. The van der Waals surface area contributed by atoms with E-state index in [1.54, 1.807) is 26.0 Å². The number of hydrogen-bond donors (Lipinski definition) is 3. The lowest BCUT2D eigenvalue weighted by Crippen LogP contribution is -2.25. The summed E-state index contributed by atoms with van der Waals surface area (Å²) in [6, 6.07) is 4.72. The topological polar surface area (TPSA) is 105 Å². The largest absolute Gasteiger partial charge is 0.479 e. The second-order valence-electron chi connectivity index (χ2n) is 7.96. The second kappa shape index (κ2) is 15.7. The lowest BCUT2D eigenvalue weighted by Gasteiger charge is -2.15. The number of hydrogen-bond acceptors (Lipinski definition) is 5. The average Bonchev–Trinajstić information content (AvgIpc) is 2.73. The smallest absolute Gasteiger partial charge is 0.333 e. The van der Waals surface area contributed by atoms with Crippen LogP contribution in [0.3, 0.4) is 0 Å². The Labute approximate surface area is 193 Å². The van der Waals surface area contributed by atoms with Crippen molar-refractivity contribution in [3.63, 3.8) is 0 Å². The Hall–Kier alpha value is -2.06. The molecule has 1 rings (SSSR count). The number of nitrogens with one attached hydrogen (secondary N) is 2. The predicted molar refractivity (Wildman–Crippen MR) is 129 cm³/mol. The Balaban J connectivity index is 2.51. The van der Waals surface area contributed by atoms with Crippen molar-refractivity contribution < 1.29 is 23.1 Å². The van der Waals surface area contributed by atoms with E-state index < -0.39 is 16.0 Å². The maximum Gasteiger partial charge on any atom is 0.333 e. The van der Waals surface area contributed by atoms with E-state index in [1.807, 2.05) is 0 Å². The van der Waals surface area contributed by atoms with E-state index in [-0.39, 0.29) is 17.4 Å². The summed E-state index contributed by atoms with van der Waals surface area (Å²) in [4.78, 5) is 11.1. The van der Waals surface area contributed by atoms with Crippen LogP contribution in [0.1, 0.15) is 83.6 Å². The summed E-state index contributed by atoms with van der Waals surface area (Å²) in [6.07, 6.45) is 12.9. The highest BCUT2D eigenvalue weighted by atomic mass is 32.2. The van der Waals surface area contributed by atoms with Gasteiger partial charge in [0.25, 0.3) is 0 Å². The van der Waals surface area contributed by atoms with Crippen molar-refractivity contribution >= 4 is 21.7 Å². The van der Waals surface area contributed by atoms with Gasteiger partial charge in [-0.3, -0.25) is 0 Å². The molecule has 0 saturated heterocycles. The minimum Gasteiger partial charge on any atom is -0.479 e. The number of unbranched alkanes of at least 4 members (excludes halogenated alkanes) is 9. The zero-order valence-corrected chi connectivity index (χ0v) is 20.6. The number of carbonyl (C=O) groups is 1. The van der Waals surface area contributed by atoms with Crippen LogP contribution in [0.25, 0.3) is 0 Å². The van der Waals surface area contributed by atoms with Crippen molar-refractivity contribution in [2.45, 2.75) is 89.9 Å². The van der Waals surface area contributed by atoms with Crippen LogP contribution in [-0.4, -0.2) is 32.6 Å². The normalized spacial score (nSPS) is 12.0. The van der Waals surface area contributed by atoms with E-state index in [1.165, 1.54) is 51.0 Å². The molecule has 0 heterocycles. The Morgan fingerprint density at radius 1 is 1.00 bits per heavy atom. The van der Waals surface area contributed by atoms with Crippen LogP contribution in [-0.2, 0) is 19.6 Å². The molecule has 7 nitrogen and oxygen atoms in total. The van der Waals surface area contributed by atoms with Gasteiger partial charge in [-0.2, -0.15) is 0 Å².